The van der Waals surface area contributed by atoms with E-state index in [2.05, 4.69) is 10.2 Å². The lowest BCUT2D eigenvalue weighted by Gasteiger charge is -2.24. The first-order chi connectivity index (χ1) is 9.58. The van der Waals surface area contributed by atoms with E-state index < -0.39 is 4.92 Å². The van der Waals surface area contributed by atoms with Crippen molar-refractivity contribution < 1.29 is 4.92 Å². The molecule has 1 fully saturated rings. The molecule has 1 aliphatic rings. The van der Waals surface area contributed by atoms with Crippen molar-refractivity contribution in [3.63, 3.8) is 0 Å². The van der Waals surface area contributed by atoms with Crippen molar-refractivity contribution in [2.75, 3.05) is 18.4 Å². The van der Waals surface area contributed by atoms with E-state index in [-0.39, 0.29) is 5.69 Å². The fourth-order valence-corrected chi connectivity index (χ4v) is 2.65. The molecule has 0 amide bonds. The number of nitro groups is 1. The van der Waals surface area contributed by atoms with Crippen LogP contribution in [0.1, 0.15) is 25.7 Å². The molecule has 0 spiro atoms. The van der Waals surface area contributed by atoms with Gasteiger partial charge in [-0.3, -0.25) is 10.1 Å². The molecule has 0 unspecified atom stereocenters. The van der Waals surface area contributed by atoms with E-state index in [0.29, 0.717) is 15.8 Å². The van der Waals surface area contributed by atoms with Crippen LogP contribution in [0.4, 0.5) is 11.4 Å². The molecule has 20 heavy (non-hydrogen) atoms. The minimum atomic E-state index is -0.448. The van der Waals surface area contributed by atoms with Gasteiger partial charge < -0.3 is 10.2 Å². The fourth-order valence-electron chi connectivity index (χ4n) is 2.19. The van der Waals surface area contributed by atoms with E-state index in [0.717, 1.165) is 25.9 Å². The number of anilines is 1. The molecule has 5 nitrogen and oxygen atoms in total. The average molecular weight is 314 g/mol. The Morgan fingerprint density at radius 2 is 1.95 bits per heavy atom. The summed E-state index contributed by atoms with van der Waals surface area (Å²) in [5.41, 5.74) is 0.477. The second kappa shape index (κ2) is 6.85. The summed E-state index contributed by atoms with van der Waals surface area (Å²) >= 11 is 11.4. The normalized spacial score (nSPS) is 15.6. The summed E-state index contributed by atoms with van der Waals surface area (Å²) < 4.78 is 0. The van der Waals surface area contributed by atoms with Crippen molar-refractivity contribution >= 4 is 40.3 Å². The molecule has 2 rings (SSSR count). The Labute approximate surface area is 128 Å². The lowest BCUT2D eigenvalue weighted by Crippen LogP contribution is -2.35. The largest absolute Gasteiger partial charge is 0.349 e. The van der Waals surface area contributed by atoms with Crippen molar-refractivity contribution in [3.05, 3.63) is 33.3 Å². The van der Waals surface area contributed by atoms with Gasteiger partial charge in [0.05, 0.1) is 15.6 Å². The summed E-state index contributed by atoms with van der Waals surface area (Å²) in [4.78, 5) is 12.4. The monoisotopic (exact) mass is 313 g/mol. The third kappa shape index (κ3) is 3.80. The Kier molecular flexibility index (Phi) is 5.14. The van der Waals surface area contributed by atoms with Crippen LogP contribution in [-0.2, 0) is 0 Å². The maximum atomic E-state index is 10.8. The van der Waals surface area contributed by atoms with Gasteiger partial charge in [-0.2, -0.15) is 0 Å². The van der Waals surface area contributed by atoms with Gasteiger partial charge in [0.25, 0.3) is 5.69 Å². The molecule has 1 saturated heterocycles. The lowest BCUT2D eigenvalue weighted by atomic mass is 10.2. The highest BCUT2D eigenvalue weighted by Gasteiger charge is 2.15. The number of nitro benzene ring substituents is 1. The van der Waals surface area contributed by atoms with E-state index in [4.69, 9.17) is 23.8 Å². The van der Waals surface area contributed by atoms with Crippen molar-refractivity contribution in [2.24, 2.45) is 0 Å². The molecular formula is C13H16ClN3O2S. The Morgan fingerprint density at radius 1 is 1.30 bits per heavy atom. The maximum Gasteiger partial charge on any atom is 0.271 e. The van der Waals surface area contributed by atoms with Gasteiger partial charge in [-0.15, -0.1) is 0 Å². The molecule has 7 heteroatoms. The first-order valence-electron chi connectivity index (χ1n) is 6.58. The molecule has 0 aliphatic carbocycles. The van der Waals surface area contributed by atoms with Gasteiger partial charge in [0.2, 0.25) is 0 Å². The lowest BCUT2D eigenvalue weighted by molar-refractivity contribution is -0.384. The SMILES string of the molecule is O=[N+]([O-])c1ccc(Cl)c(NC(=S)N2CCCCCC2)c1. The van der Waals surface area contributed by atoms with Crippen molar-refractivity contribution in [3.8, 4) is 0 Å². The highest BCUT2D eigenvalue weighted by molar-refractivity contribution is 7.80. The minimum Gasteiger partial charge on any atom is -0.349 e. The van der Waals surface area contributed by atoms with Gasteiger partial charge >= 0.3 is 0 Å². The number of likely N-dealkylation sites (tertiary alicyclic amines) is 1. The standard InChI is InChI=1S/C13H16ClN3O2S/c14-11-6-5-10(17(18)19)9-12(11)15-13(20)16-7-3-1-2-4-8-16/h5-6,9H,1-4,7-8H2,(H,15,20). The topological polar surface area (TPSA) is 58.4 Å². The molecule has 0 radical (unpaired) electrons. The smallest absolute Gasteiger partial charge is 0.271 e. The molecular weight excluding hydrogens is 298 g/mol. The van der Waals surface area contributed by atoms with Crippen LogP contribution in [0.25, 0.3) is 0 Å². The predicted octanol–water partition coefficient (Wildman–Crippen LogP) is 3.82. The number of benzene rings is 1. The Bertz CT molecular complexity index is 516. The molecule has 1 aliphatic heterocycles. The van der Waals surface area contributed by atoms with Crippen LogP contribution in [0.5, 0.6) is 0 Å². The van der Waals surface area contributed by atoms with Gasteiger partial charge in [-0.1, -0.05) is 24.4 Å². The summed E-state index contributed by atoms with van der Waals surface area (Å²) in [6.07, 6.45) is 4.67. The predicted molar refractivity (Wildman–Crippen MR) is 84.4 cm³/mol. The van der Waals surface area contributed by atoms with Crippen LogP contribution in [0.15, 0.2) is 18.2 Å². The number of nitrogens with zero attached hydrogens (tertiary/aromatic N) is 2. The summed E-state index contributed by atoms with van der Waals surface area (Å²) in [6, 6.07) is 4.29. The van der Waals surface area contributed by atoms with Crippen molar-refractivity contribution in [1.29, 1.82) is 0 Å². The average Bonchev–Trinajstić information content (AvgIpc) is 2.70. The van der Waals surface area contributed by atoms with E-state index >= 15 is 0 Å². The zero-order valence-electron chi connectivity index (χ0n) is 11.0. The van der Waals surface area contributed by atoms with Crippen molar-refractivity contribution in [2.45, 2.75) is 25.7 Å². The zero-order chi connectivity index (χ0) is 14.5. The molecule has 1 aromatic carbocycles. The molecule has 1 aromatic rings. The second-order valence-electron chi connectivity index (χ2n) is 4.75. The van der Waals surface area contributed by atoms with Crippen LogP contribution >= 0.6 is 23.8 Å². The minimum absolute atomic E-state index is 0.00411. The van der Waals surface area contributed by atoms with Crippen LogP contribution in [0, 0.1) is 10.1 Å². The van der Waals surface area contributed by atoms with Gasteiger partial charge in [-0.25, -0.2) is 0 Å². The number of hydrogen-bond donors (Lipinski definition) is 1. The number of halogens is 1. The first-order valence-corrected chi connectivity index (χ1v) is 7.36. The van der Waals surface area contributed by atoms with Gasteiger partial charge in [-0.05, 0) is 31.1 Å². The number of rotatable bonds is 2. The van der Waals surface area contributed by atoms with E-state index in [1.165, 1.54) is 31.0 Å². The quantitative estimate of drug-likeness (QED) is 0.511. The zero-order valence-corrected chi connectivity index (χ0v) is 12.5. The van der Waals surface area contributed by atoms with Crippen molar-refractivity contribution in [1.82, 2.24) is 4.90 Å². The Morgan fingerprint density at radius 3 is 2.55 bits per heavy atom. The number of non-ortho nitro benzene ring substituents is 1. The molecule has 0 saturated carbocycles. The Hall–Kier alpha value is -1.40. The number of hydrogen-bond acceptors (Lipinski definition) is 3. The summed E-state index contributed by atoms with van der Waals surface area (Å²) in [5.74, 6) is 0. The van der Waals surface area contributed by atoms with E-state index in [1.54, 1.807) is 0 Å². The Balaban J connectivity index is 2.10. The van der Waals surface area contributed by atoms with E-state index in [1.807, 2.05) is 0 Å². The highest BCUT2D eigenvalue weighted by atomic mass is 35.5. The number of thiocarbonyl (C=S) groups is 1. The number of nitrogens with one attached hydrogen (secondary N) is 1. The third-order valence-electron chi connectivity index (χ3n) is 3.30. The van der Waals surface area contributed by atoms with Crippen LogP contribution in [0.2, 0.25) is 5.02 Å². The molecule has 0 aromatic heterocycles. The summed E-state index contributed by atoms with van der Waals surface area (Å²) in [6.45, 7) is 1.83. The summed E-state index contributed by atoms with van der Waals surface area (Å²) in [5, 5.41) is 14.8. The van der Waals surface area contributed by atoms with Gasteiger partial charge in [0, 0.05) is 25.2 Å². The fraction of sp³-hybridized carbons (Fsp3) is 0.462. The third-order valence-corrected chi connectivity index (χ3v) is 3.99. The highest BCUT2D eigenvalue weighted by Crippen LogP contribution is 2.27. The first kappa shape index (κ1) is 15.0. The molecule has 0 atom stereocenters. The van der Waals surface area contributed by atoms with E-state index in [9.17, 15) is 10.1 Å². The molecule has 1 N–H and O–H groups in total. The maximum absolute atomic E-state index is 10.8. The summed E-state index contributed by atoms with van der Waals surface area (Å²) in [7, 11) is 0. The molecule has 108 valence electrons. The molecule has 1 heterocycles. The second-order valence-corrected chi connectivity index (χ2v) is 5.55. The van der Waals surface area contributed by atoms with Crippen LogP contribution in [0.3, 0.4) is 0 Å². The van der Waals surface area contributed by atoms with Crippen LogP contribution in [-0.4, -0.2) is 28.0 Å². The van der Waals surface area contributed by atoms with Gasteiger partial charge in [0.1, 0.15) is 0 Å². The van der Waals surface area contributed by atoms with Gasteiger partial charge in [0.15, 0.2) is 5.11 Å². The molecule has 0 bridgehead atoms. The van der Waals surface area contributed by atoms with Crippen LogP contribution < -0.4 is 5.32 Å².